The van der Waals surface area contributed by atoms with Gasteiger partial charge in [-0.15, -0.1) is 0 Å². The van der Waals surface area contributed by atoms with E-state index in [9.17, 15) is 8.78 Å². The Balaban J connectivity index is 2.10. The molecule has 1 aliphatic rings. The minimum Gasteiger partial charge on any atom is -0.493 e. The van der Waals surface area contributed by atoms with Crippen molar-refractivity contribution >= 4 is 0 Å². The molecule has 20 heavy (non-hydrogen) atoms. The molecule has 0 bridgehead atoms. The molecule has 1 aromatic carbocycles. The van der Waals surface area contributed by atoms with Crippen molar-refractivity contribution in [2.45, 2.75) is 32.0 Å². The number of benzene rings is 1. The number of rotatable bonds is 8. The Morgan fingerprint density at radius 3 is 2.65 bits per heavy atom. The van der Waals surface area contributed by atoms with Crippen molar-refractivity contribution in [1.82, 2.24) is 4.90 Å². The second kappa shape index (κ2) is 6.85. The summed E-state index contributed by atoms with van der Waals surface area (Å²) in [5.41, 5.74) is 0.863. The number of hydrogen-bond donors (Lipinski definition) is 1. The average Bonchev–Trinajstić information content (AvgIpc) is 3.22. The molecule has 0 spiro atoms. The summed E-state index contributed by atoms with van der Waals surface area (Å²) in [4.78, 5) is 2.15. The summed E-state index contributed by atoms with van der Waals surface area (Å²) in [5.74, 6) is 0.328. The van der Waals surface area contributed by atoms with Crippen molar-refractivity contribution in [3.63, 3.8) is 0 Å². The van der Waals surface area contributed by atoms with Gasteiger partial charge in [-0.25, -0.2) is 0 Å². The minimum atomic E-state index is -2.88. The predicted octanol–water partition coefficient (Wildman–Crippen LogP) is 2.25. The Labute approximate surface area is 116 Å². The molecule has 0 heterocycles. The largest absolute Gasteiger partial charge is 0.493 e. The lowest BCUT2D eigenvalue weighted by Crippen LogP contribution is -2.28. The van der Waals surface area contributed by atoms with Gasteiger partial charge in [0.15, 0.2) is 11.5 Å². The summed E-state index contributed by atoms with van der Waals surface area (Å²) in [6.07, 6.45) is 2.24. The van der Waals surface area contributed by atoms with Gasteiger partial charge >= 0.3 is 6.61 Å². The first kappa shape index (κ1) is 15.0. The average molecular weight is 287 g/mol. The zero-order chi connectivity index (χ0) is 14.5. The molecule has 1 aliphatic carbocycles. The Morgan fingerprint density at radius 1 is 1.35 bits per heavy atom. The number of aliphatic hydroxyl groups is 1. The van der Waals surface area contributed by atoms with Crippen molar-refractivity contribution in [3.8, 4) is 11.5 Å². The second-order valence-corrected chi connectivity index (χ2v) is 4.79. The molecule has 4 nitrogen and oxygen atoms in total. The van der Waals surface area contributed by atoms with Gasteiger partial charge < -0.3 is 14.6 Å². The van der Waals surface area contributed by atoms with Crippen molar-refractivity contribution in [1.29, 1.82) is 0 Å². The highest BCUT2D eigenvalue weighted by molar-refractivity contribution is 5.43. The monoisotopic (exact) mass is 287 g/mol. The summed E-state index contributed by atoms with van der Waals surface area (Å²) < 4.78 is 34.2. The van der Waals surface area contributed by atoms with E-state index >= 15 is 0 Å². The molecule has 1 N–H and O–H groups in total. The fourth-order valence-corrected chi connectivity index (χ4v) is 2.20. The molecule has 0 aromatic heterocycles. The van der Waals surface area contributed by atoms with Crippen LogP contribution in [0.4, 0.5) is 8.78 Å². The van der Waals surface area contributed by atoms with Crippen LogP contribution < -0.4 is 9.47 Å². The van der Waals surface area contributed by atoms with Gasteiger partial charge in [0, 0.05) is 19.1 Å². The van der Waals surface area contributed by atoms with Gasteiger partial charge in [-0.2, -0.15) is 8.78 Å². The first-order chi connectivity index (χ1) is 9.63. The number of halogens is 2. The van der Waals surface area contributed by atoms with Crippen molar-refractivity contribution in [2.75, 3.05) is 20.3 Å². The van der Waals surface area contributed by atoms with Crippen LogP contribution in [0.2, 0.25) is 0 Å². The van der Waals surface area contributed by atoms with Crippen molar-refractivity contribution < 1.29 is 23.4 Å². The lowest BCUT2D eigenvalue weighted by Gasteiger charge is -2.21. The summed E-state index contributed by atoms with van der Waals surface area (Å²) in [6, 6.07) is 5.50. The summed E-state index contributed by atoms with van der Waals surface area (Å²) in [5, 5.41) is 9.06. The van der Waals surface area contributed by atoms with Gasteiger partial charge in [0.25, 0.3) is 0 Å². The van der Waals surface area contributed by atoms with Gasteiger partial charge in [0.1, 0.15) is 0 Å². The zero-order valence-electron chi connectivity index (χ0n) is 11.4. The molecule has 112 valence electrons. The van der Waals surface area contributed by atoms with Crippen LogP contribution in [0.1, 0.15) is 18.4 Å². The summed E-state index contributed by atoms with van der Waals surface area (Å²) >= 11 is 0. The Hall–Kier alpha value is -1.40. The third-order valence-corrected chi connectivity index (χ3v) is 3.28. The van der Waals surface area contributed by atoms with Crippen LogP contribution in [0, 0.1) is 0 Å². The van der Waals surface area contributed by atoms with Crippen LogP contribution in [-0.2, 0) is 6.54 Å². The predicted molar refractivity (Wildman–Crippen MR) is 70.1 cm³/mol. The van der Waals surface area contributed by atoms with E-state index in [-0.39, 0.29) is 18.1 Å². The van der Waals surface area contributed by atoms with E-state index in [0.717, 1.165) is 18.4 Å². The lowest BCUT2D eigenvalue weighted by molar-refractivity contribution is -0.0512. The quantitative estimate of drug-likeness (QED) is 0.796. The Kier molecular flexibility index (Phi) is 5.14. The van der Waals surface area contributed by atoms with E-state index < -0.39 is 6.61 Å². The number of aliphatic hydroxyl groups excluding tert-OH is 1. The van der Waals surface area contributed by atoms with Crippen LogP contribution in [0.15, 0.2) is 18.2 Å². The van der Waals surface area contributed by atoms with Crippen molar-refractivity contribution in [3.05, 3.63) is 23.8 Å². The number of alkyl halides is 2. The fourth-order valence-electron chi connectivity index (χ4n) is 2.20. The first-order valence-electron chi connectivity index (χ1n) is 6.60. The highest BCUT2D eigenvalue weighted by atomic mass is 19.3. The molecule has 0 amide bonds. The molecule has 1 saturated carbocycles. The third kappa shape index (κ3) is 4.05. The van der Waals surface area contributed by atoms with Crippen LogP contribution >= 0.6 is 0 Å². The van der Waals surface area contributed by atoms with Gasteiger partial charge in [-0.3, -0.25) is 4.90 Å². The zero-order valence-corrected chi connectivity index (χ0v) is 11.4. The van der Waals surface area contributed by atoms with Crippen LogP contribution in [0.25, 0.3) is 0 Å². The highest BCUT2D eigenvalue weighted by Gasteiger charge is 2.28. The highest BCUT2D eigenvalue weighted by Crippen LogP contribution is 2.32. The molecule has 0 aliphatic heterocycles. The van der Waals surface area contributed by atoms with Crippen LogP contribution in [-0.4, -0.2) is 42.9 Å². The summed E-state index contributed by atoms with van der Waals surface area (Å²) in [6.45, 7) is -1.60. The molecule has 0 atom stereocenters. The molecular formula is C14H19F2NO3. The Morgan fingerprint density at radius 2 is 2.10 bits per heavy atom. The Bertz CT molecular complexity index is 438. The SMILES string of the molecule is COc1ccc(CN(CCO)C2CC2)cc1OC(F)F. The smallest absolute Gasteiger partial charge is 0.387 e. The molecule has 0 saturated heterocycles. The van der Waals surface area contributed by atoms with E-state index in [0.29, 0.717) is 19.1 Å². The van der Waals surface area contributed by atoms with E-state index in [1.54, 1.807) is 12.1 Å². The van der Waals surface area contributed by atoms with E-state index in [1.165, 1.54) is 7.11 Å². The molecule has 2 rings (SSSR count). The van der Waals surface area contributed by atoms with Gasteiger partial charge in [0.05, 0.1) is 13.7 Å². The van der Waals surface area contributed by atoms with Crippen LogP contribution in [0.3, 0.4) is 0 Å². The molecule has 6 heteroatoms. The maximum absolute atomic E-state index is 12.4. The standard InChI is InChI=1S/C14H19F2NO3/c1-19-12-5-2-10(8-13(12)20-14(15)16)9-17(6-7-18)11-3-4-11/h2,5,8,11,14,18H,3-4,6-7,9H2,1H3. The third-order valence-electron chi connectivity index (χ3n) is 3.28. The molecule has 1 aromatic rings. The second-order valence-electron chi connectivity index (χ2n) is 4.79. The summed E-state index contributed by atoms with van der Waals surface area (Å²) in [7, 11) is 1.41. The molecule has 0 unspecified atom stereocenters. The lowest BCUT2D eigenvalue weighted by atomic mass is 10.2. The molecule has 0 radical (unpaired) electrons. The minimum absolute atomic E-state index is 0.0414. The van der Waals surface area contributed by atoms with E-state index in [1.807, 2.05) is 6.07 Å². The normalized spacial score (nSPS) is 14.9. The van der Waals surface area contributed by atoms with Crippen molar-refractivity contribution in [2.24, 2.45) is 0 Å². The fraction of sp³-hybridized carbons (Fsp3) is 0.571. The van der Waals surface area contributed by atoms with Gasteiger partial charge in [0.2, 0.25) is 0 Å². The topological polar surface area (TPSA) is 41.9 Å². The van der Waals surface area contributed by atoms with Gasteiger partial charge in [-0.05, 0) is 30.5 Å². The maximum atomic E-state index is 12.4. The number of methoxy groups -OCH3 is 1. The van der Waals surface area contributed by atoms with E-state index in [2.05, 4.69) is 9.64 Å². The van der Waals surface area contributed by atoms with E-state index in [4.69, 9.17) is 9.84 Å². The first-order valence-corrected chi connectivity index (χ1v) is 6.60. The number of nitrogens with zero attached hydrogens (tertiary/aromatic N) is 1. The number of ether oxygens (including phenoxy) is 2. The number of hydrogen-bond acceptors (Lipinski definition) is 4. The van der Waals surface area contributed by atoms with Gasteiger partial charge in [-0.1, -0.05) is 6.07 Å². The maximum Gasteiger partial charge on any atom is 0.387 e. The van der Waals surface area contributed by atoms with Crippen LogP contribution in [0.5, 0.6) is 11.5 Å². The molecule has 1 fully saturated rings. The molecular weight excluding hydrogens is 268 g/mol.